The number of allylic oxidation sites excluding steroid dienone is 1. The van der Waals surface area contributed by atoms with E-state index in [2.05, 4.69) is 20.1 Å². The number of ether oxygens (including phenoxy) is 1. The second-order valence-corrected chi connectivity index (χ2v) is 4.17. The topological polar surface area (TPSA) is 91.2 Å². The number of anilines is 1. The highest BCUT2D eigenvalue weighted by atomic mass is 32.2. The fourth-order valence-corrected chi connectivity index (χ4v) is 1.79. The van der Waals surface area contributed by atoms with Crippen LogP contribution in [0.1, 0.15) is 19.2 Å². The number of rotatable bonds is 4. The first-order valence-corrected chi connectivity index (χ1v) is 6.60. The van der Waals surface area contributed by atoms with Gasteiger partial charge in [0.15, 0.2) is 10.9 Å². The van der Waals surface area contributed by atoms with Crippen LogP contribution in [0.25, 0.3) is 11.5 Å². The third-order valence-corrected chi connectivity index (χ3v) is 2.77. The van der Waals surface area contributed by atoms with Crippen molar-refractivity contribution in [2.75, 3.05) is 19.1 Å². The molecule has 0 unspecified atom stereocenters. The van der Waals surface area contributed by atoms with Crippen molar-refractivity contribution in [1.29, 1.82) is 0 Å². The summed E-state index contributed by atoms with van der Waals surface area (Å²) in [5.41, 5.74) is 5.80. The van der Waals surface area contributed by atoms with Crippen LogP contribution in [0.15, 0.2) is 11.2 Å². The maximum Gasteiger partial charge on any atom is 0.258 e. The number of aromatic nitrogens is 5. The third kappa shape index (κ3) is 2.23. The monoisotopic (exact) mass is 266 g/mol. The van der Waals surface area contributed by atoms with E-state index in [1.54, 1.807) is 7.11 Å². The molecule has 0 amide bonds. The molecular weight excluding hydrogens is 252 g/mol. The van der Waals surface area contributed by atoms with Gasteiger partial charge in [0, 0.05) is 0 Å². The predicted octanol–water partition coefficient (Wildman–Crippen LogP) is 1.22. The average Bonchev–Trinajstić information content (AvgIpc) is 2.79. The summed E-state index contributed by atoms with van der Waals surface area (Å²) in [6, 6.07) is 0. The molecule has 0 atom stereocenters. The summed E-state index contributed by atoms with van der Waals surface area (Å²) in [5, 5.41) is 4.80. The summed E-state index contributed by atoms with van der Waals surface area (Å²) in [7, 11) is 1.58. The minimum absolute atomic E-state index is 0.259. The largest absolute Gasteiger partial charge is 0.493 e. The van der Waals surface area contributed by atoms with E-state index in [0.29, 0.717) is 22.5 Å². The van der Waals surface area contributed by atoms with Crippen LogP contribution in [-0.4, -0.2) is 37.9 Å². The lowest BCUT2D eigenvalue weighted by atomic mass is 10.3. The van der Waals surface area contributed by atoms with Crippen LogP contribution in [0, 0.1) is 0 Å². The van der Waals surface area contributed by atoms with E-state index in [4.69, 9.17) is 10.5 Å². The molecule has 2 rings (SSSR count). The van der Waals surface area contributed by atoms with Gasteiger partial charge in [-0.2, -0.15) is 19.5 Å². The summed E-state index contributed by atoms with van der Waals surface area (Å²) in [4.78, 5) is 12.6. The average molecular weight is 266 g/mol. The first kappa shape index (κ1) is 12.6. The van der Waals surface area contributed by atoms with Crippen molar-refractivity contribution in [3.63, 3.8) is 0 Å². The summed E-state index contributed by atoms with van der Waals surface area (Å²) >= 11 is 1.40. The van der Waals surface area contributed by atoms with Gasteiger partial charge in [0.25, 0.3) is 5.78 Å². The molecule has 0 fully saturated rings. The number of nitrogen functional groups attached to an aromatic ring is 1. The van der Waals surface area contributed by atoms with Gasteiger partial charge in [0.05, 0.1) is 7.11 Å². The van der Waals surface area contributed by atoms with Gasteiger partial charge in [-0.1, -0.05) is 18.7 Å². The Balaban J connectivity index is 2.56. The van der Waals surface area contributed by atoms with E-state index in [0.717, 1.165) is 6.42 Å². The molecule has 0 aliphatic carbocycles. The van der Waals surface area contributed by atoms with Crippen LogP contribution in [0.3, 0.4) is 0 Å². The molecule has 96 valence electrons. The number of hydrogen-bond acceptors (Lipinski definition) is 7. The number of nitrogens with zero attached hydrogens (tertiary/aromatic N) is 5. The second-order valence-electron chi connectivity index (χ2n) is 3.40. The van der Waals surface area contributed by atoms with Gasteiger partial charge in [-0.05, 0) is 18.8 Å². The lowest BCUT2D eigenvalue weighted by Gasteiger charge is -1.99. The van der Waals surface area contributed by atoms with Crippen LogP contribution in [0.4, 0.5) is 5.95 Å². The van der Waals surface area contributed by atoms with Gasteiger partial charge in [0.2, 0.25) is 11.8 Å². The quantitative estimate of drug-likeness (QED) is 0.657. The molecule has 0 radical (unpaired) electrons. The normalized spacial score (nSPS) is 12.1. The van der Waals surface area contributed by atoms with Crippen molar-refractivity contribution in [2.24, 2.45) is 0 Å². The number of methoxy groups -OCH3 is 1. The Morgan fingerprint density at radius 2 is 2.22 bits per heavy atom. The van der Waals surface area contributed by atoms with Gasteiger partial charge < -0.3 is 10.5 Å². The van der Waals surface area contributed by atoms with Crippen LogP contribution >= 0.6 is 11.8 Å². The zero-order valence-corrected chi connectivity index (χ0v) is 11.2. The van der Waals surface area contributed by atoms with Crippen LogP contribution in [0.5, 0.6) is 0 Å². The minimum atomic E-state index is 0.259. The van der Waals surface area contributed by atoms with Gasteiger partial charge in [0.1, 0.15) is 0 Å². The molecule has 2 aromatic rings. The Hall–Kier alpha value is -1.83. The van der Waals surface area contributed by atoms with E-state index < -0.39 is 0 Å². The minimum Gasteiger partial charge on any atom is -0.493 e. The molecule has 0 aliphatic rings. The molecule has 0 bridgehead atoms. The van der Waals surface area contributed by atoms with E-state index in [1.165, 1.54) is 16.3 Å². The molecule has 7 nitrogen and oxygen atoms in total. The standard InChI is InChI=1S/C10H14N6OS/c1-4-5-6(17-2)7-12-9-14-10(18-3)13-8(11)16(9)15-7/h5H,4H2,1-3H3,(H2,11,12,13,14,15)/b6-5-. The van der Waals surface area contributed by atoms with E-state index in [1.807, 2.05) is 19.3 Å². The third-order valence-electron chi connectivity index (χ3n) is 2.23. The Labute approximate surface area is 108 Å². The summed E-state index contributed by atoms with van der Waals surface area (Å²) < 4.78 is 6.63. The maximum atomic E-state index is 5.80. The Morgan fingerprint density at radius 1 is 1.44 bits per heavy atom. The van der Waals surface area contributed by atoms with Crippen molar-refractivity contribution in [1.82, 2.24) is 24.6 Å². The van der Waals surface area contributed by atoms with Crippen molar-refractivity contribution in [3.8, 4) is 0 Å². The van der Waals surface area contributed by atoms with Crippen LogP contribution < -0.4 is 5.73 Å². The Morgan fingerprint density at radius 3 is 2.83 bits per heavy atom. The predicted molar refractivity (Wildman–Crippen MR) is 70.0 cm³/mol. The zero-order chi connectivity index (χ0) is 13.1. The molecule has 0 saturated carbocycles. The van der Waals surface area contributed by atoms with Crippen molar-refractivity contribution in [3.05, 3.63) is 11.9 Å². The Bertz CT molecular complexity index is 593. The molecule has 0 spiro atoms. The molecule has 0 saturated heterocycles. The number of fused-ring (bicyclic) bond motifs is 1. The first-order valence-electron chi connectivity index (χ1n) is 5.38. The summed E-state index contributed by atoms with van der Waals surface area (Å²) in [6.45, 7) is 2.01. The zero-order valence-electron chi connectivity index (χ0n) is 10.4. The van der Waals surface area contributed by atoms with Gasteiger partial charge in [-0.25, -0.2) is 0 Å². The lowest BCUT2D eigenvalue weighted by Crippen LogP contribution is -2.05. The summed E-state index contributed by atoms with van der Waals surface area (Å²) in [5.74, 6) is 1.74. The second kappa shape index (κ2) is 5.21. The van der Waals surface area contributed by atoms with Gasteiger partial charge >= 0.3 is 0 Å². The fraction of sp³-hybridized carbons (Fsp3) is 0.400. The Kier molecular flexibility index (Phi) is 3.66. The molecule has 2 N–H and O–H groups in total. The highest BCUT2D eigenvalue weighted by Gasteiger charge is 2.13. The van der Waals surface area contributed by atoms with Gasteiger partial charge in [-0.3, -0.25) is 0 Å². The van der Waals surface area contributed by atoms with E-state index in [9.17, 15) is 0 Å². The number of nitrogens with two attached hydrogens (primary N) is 1. The maximum absolute atomic E-state index is 5.80. The van der Waals surface area contributed by atoms with Crippen molar-refractivity contribution in [2.45, 2.75) is 18.5 Å². The smallest absolute Gasteiger partial charge is 0.258 e. The van der Waals surface area contributed by atoms with Crippen LogP contribution in [-0.2, 0) is 4.74 Å². The van der Waals surface area contributed by atoms with E-state index >= 15 is 0 Å². The van der Waals surface area contributed by atoms with E-state index in [-0.39, 0.29) is 5.95 Å². The molecule has 8 heteroatoms. The van der Waals surface area contributed by atoms with Crippen LogP contribution in [0.2, 0.25) is 0 Å². The molecule has 2 aromatic heterocycles. The molecule has 2 heterocycles. The fourth-order valence-electron chi connectivity index (χ4n) is 1.43. The van der Waals surface area contributed by atoms with Crippen molar-refractivity contribution < 1.29 is 4.74 Å². The number of hydrogen-bond donors (Lipinski definition) is 1. The first-order chi connectivity index (χ1) is 8.69. The highest BCUT2D eigenvalue weighted by Crippen LogP contribution is 2.16. The highest BCUT2D eigenvalue weighted by molar-refractivity contribution is 7.98. The van der Waals surface area contributed by atoms with Gasteiger partial charge in [-0.15, -0.1) is 5.10 Å². The molecule has 0 aromatic carbocycles. The molecule has 0 aliphatic heterocycles. The SMILES string of the molecule is CC/C=C(\OC)c1nc2nc(SC)nc(N)n2n1. The number of thioether (sulfide) groups is 1. The summed E-state index contributed by atoms with van der Waals surface area (Å²) in [6.07, 6.45) is 4.60. The van der Waals surface area contributed by atoms with Crippen molar-refractivity contribution >= 4 is 29.2 Å². The molecular formula is C10H14N6OS. The molecule has 18 heavy (non-hydrogen) atoms. The lowest BCUT2D eigenvalue weighted by molar-refractivity contribution is 0.365.